The summed E-state index contributed by atoms with van der Waals surface area (Å²) < 4.78 is 0. The third-order valence-corrected chi connectivity index (χ3v) is 3.84. The van der Waals surface area contributed by atoms with Crippen LogP contribution >= 0.6 is 11.6 Å². The molecule has 1 saturated heterocycles. The lowest BCUT2D eigenvalue weighted by Crippen LogP contribution is -2.33. The maximum Gasteiger partial charge on any atom is 0.271 e. The summed E-state index contributed by atoms with van der Waals surface area (Å²) in [6.45, 7) is 6.08. The van der Waals surface area contributed by atoms with Gasteiger partial charge in [-0.2, -0.15) is 0 Å². The molecule has 0 saturated carbocycles. The molecule has 98 valence electrons. The number of hydrogen-bond donors (Lipinski definition) is 0. The predicted molar refractivity (Wildman–Crippen MR) is 73.5 cm³/mol. The SMILES string of the molecule is Cc1cc([N+](=O)[O-])cc(Cl)c1N1CCC(C)CC1. The minimum Gasteiger partial charge on any atom is -0.370 e. The van der Waals surface area contributed by atoms with Crippen LogP contribution in [0.25, 0.3) is 0 Å². The van der Waals surface area contributed by atoms with E-state index in [9.17, 15) is 10.1 Å². The van der Waals surface area contributed by atoms with E-state index in [0.29, 0.717) is 5.02 Å². The van der Waals surface area contributed by atoms with Gasteiger partial charge in [-0.25, -0.2) is 0 Å². The molecule has 0 bridgehead atoms. The molecule has 4 nitrogen and oxygen atoms in total. The number of anilines is 1. The average Bonchev–Trinajstić information content (AvgIpc) is 2.30. The number of halogens is 1. The van der Waals surface area contributed by atoms with E-state index in [1.54, 1.807) is 6.07 Å². The Kier molecular flexibility index (Phi) is 3.76. The van der Waals surface area contributed by atoms with Crippen LogP contribution in [0.15, 0.2) is 12.1 Å². The Labute approximate surface area is 112 Å². The van der Waals surface area contributed by atoms with Gasteiger partial charge in [0.2, 0.25) is 0 Å². The highest BCUT2D eigenvalue weighted by Crippen LogP contribution is 2.35. The summed E-state index contributed by atoms with van der Waals surface area (Å²) in [5, 5.41) is 11.3. The van der Waals surface area contributed by atoms with Crippen molar-refractivity contribution in [3.05, 3.63) is 32.8 Å². The van der Waals surface area contributed by atoms with E-state index in [-0.39, 0.29) is 5.69 Å². The van der Waals surface area contributed by atoms with Crippen LogP contribution < -0.4 is 4.90 Å². The Morgan fingerprint density at radius 3 is 2.50 bits per heavy atom. The molecule has 1 aromatic carbocycles. The molecule has 0 spiro atoms. The molecule has 0 aromatic heterocycles. The van der Waals surface area contributed by atoms with Crippen molar-refractivity contribution in [2.75, 3.05) is 18.0 Å². The van der Waals surface area contributed by atoms with E-state index in [2.05, 4.69) is 11.8 Å². The first-order valence-corrected chi connectivity index (χ1v) is 6.56. The number of nitrogens with zero attached hydrogens (tertiary/aromatic N) is 2. The smallest absolute Gasteiger partial charge is 0.271 e. The summed E-state index contributed by atoms with van der Waals surface area (Å²) in [5.41, 5.74) is 1.89. The molecule has 1 aliphatic heterocycles. The van der Waals surface area contributed by atoms with Crippen LogP contribution in [0, 0.1) is 23.0 Å². The maximum absolute atomic E-state index is 10.8. The van der Waals surface area contributed by atoms with Crippen LogP contribution in [-0.4, -0.2) is 18.0 Å². The molecular weight excluding hydrogens is 252 g/mol. The molecule has 1 aromatic rings. The molecule has 0 radical (unpaired) electrons. The van der Waals surface area contributed by atoms with Gasteiger partial charge in [0.25, 0.3) is 5.69 Å². The fourth-order valence-electron chi connectivity index (χ4n) is 2.46. The molecule has 0 atom stereocenters. The molecule has 0 N–H and O–H groups in total. The zero-order valence-corrected chi connectivity index (χ0v) is 11.4. The molecular formula is C13H17ClN2O2. The van der Waals surface area contributed by atoms with Gasteiger partial charge in [-0.15, -0.1) is 0 Å². The molecule has 18 heavy (non-hydrogen) atoms. The Morgan fingerprint density at radius 2 is 2.00 bits per heavy atom. The number of nitro benzene ring substituents is 1. The fourth-order valence-corrected chi connectivity index (χ4v) is 2.84. The van der Waals surface area contributed by atoms with Gasteiger partial charge in [0.05, 0.1) is 15.6 Å². The highest BCUT2D eigenvalue weighted by Gasteiger charge is 2.21. The third-order valence-electron chi connectivity index (χ3n) is 3.55. The van der Waals surface area contributed by atoms with Gasteiger partial charge in [-0.1, -0.05) is 18.5 Å². The number of rotatable bonds is 2. The minimum absolute atomic E-state index is 0.0617. The first kappa shape index (κ1) is 13.1. The summed E-state index contributed by atoms with van der Waals surface area (Å²) >= 11 is 6.20. The van der Waals surface area contributed by atoms with Crippen LogP contribution in [0.2, 0.25) is 5.02 Å². The first-order valence-electron chi connectivity index (χ1n) is 6.18. The molecule has 0 aliphatic carbocycles. The molecule has 2 rings (SSSR count). The average molecular weight is 269 g/mol. The largest absolute Gasteiger partial charge is 0.370 e. The second-order valence-electron chi connectivity index (χ2n) is 5.02. The topological polar surface area (TPSA) is 46.4 Å². The predicted octanol–water partition coefficient (Wildman–Crippen LogP) is 3.79. The van der Waals surface area contributed by atoms with Gasteiger partial charge < -0.3 is 4.90 Å². The summed E-state index contributed by atoms with van der Waals surface area (Å²) in [6, 6.07) is 3.04. The van der Waals surface area contributed by atoms with Gasteiger partial charge in [-0.05, 0) is 31.2 Å². The molecule has 5 heteroatoms. The van der Waals surface area contributed by atoms with E-state index >= 15 is 0 Å². The molecule has 0 unspecified atom stereocenters. The van der Waals surface area contributed by atoms with Crippen molar-refractivity contribution < 1.29 is 4.92 Å². The highest BCUT2D eigenvalue weighted by atomic mass is 35.5. The monoisotopic (exact) mass is 268 g/mol. The van der Waals surface area contributed by atoms with Gasteiger partial charge in [0.1, 0.15) is 0 Å². The molecule has 0 amide bonds. The van der Waals surface area contributed by atoms with Crippen molar-refractivity contribution in [2.45, 2.75) is 26.7 Å². The first-order chi connectivity index (χ1) is 8.49. The zero-order chi connectivity index (χ0) is 13.3. The Bertz CT molecular complexity index is 445. The van der Waals surface area contributed by atoms with Crippen LogP contribution in [0.5, 0.6) is 0 Å². The number of hydrogen-bond acceptors (Lipinski definition) is 3. The number of benzene rings is 1. The summed E-state index contributed by atoms with van der Waals surface area (Å²) in [4.78, 5) is 12.6. The standard InChI is InChI=1S/C13H17ClN2O2/c1-9-3-5-15(6-4-9)13-10(2)7-11(16(17)18)8-12(13)14/h7-9H,3-6H2,1-2H3. The maximum atomic E-state index is 10.8. The van der Waals surface area contributed by atoms with Crippen LogP contribution in [0.4, 0.5) is 11.4 Å². The summed E-state index contributed by atoms with van der Waals surface area (Å²) in [6.07, 6.45) is 2.29. The van der Waals surface area contributed by atoms with Crippen molar-refractivity contribution in [1.29, 1.82) is 0 Å². The number of piperidine rings is 1. The van der Waals surface area contributed by atoms with Crippen molar-refractivity contribution in [2.24, 2.45) is 5.92 Å². The second-order valence-corrected chi connectivity index (χ2v) is 5.43. The lowest BCUT2D eigenvalue weighted by molar-refractivity contribution is -0.384. The van der Waals surface area contributed by atoms with E-state index < -0.39 is 4.92 Å². The zero-order valence-electron chi connectivity index (χ0n) is 10.6. The van der Waals surface area contributed by atoms with Gasteiger partial charge in [0, 0.05) is 25.2 Å². The van der Waals surface area contributed by atoms with Gasteiger partial charge in [-0.3, -0.25) is 10.1 Å². The number of non-ortho nitro benzene ring substituents is 1. The van der Waals surface area contributed by atoms with Crippen LogP contribution in [0.3, 0.4) is 0 Å². The van der Waals surface area contributed by atoms with Crippen molar-refractivity contribution in [3.63, 3.8) is 0 Å². The second kappa shape index (κ2) is 5.14. The molecule has 1 heterocycles. The lowest BCUT2D eigenvalue weighted by Gasteiger charge is -2.33. The molecule has 1 fully saturated rings. The van der Waals surface area contributed by atoms with Crippen molar-refractivity contribution in [1.82, 2.24) is 0 Å². The van der Waals surface area contributed by atoms with Gasteiger partial charge in [0.15, 0.2) is 0 Å². The van der Waals surface area contributed by atoms with Crippen LogP contribution in [0.1, 0.15) is 25.3 Å². The fraction of sp³-hybridized carbons (Fsp3) is 0.538. The Morgan fingerprint density at radius 1 is 1.39 bits per heavy atom. The lowest BCUT2D eigenvalue weighted by atomic mass is 9.98. The Hall–Kier alpha value is -1.29. The normalized spacial score (nSPS) is 16.9. The highest BCUT2D eigenvalue weighted by molar-refractivity contribution is 6.33. The minimum atomic E-state index is -0.402. The molecule has 1 aliphatic rings. The van der Waals surface area contributed by atoms with Crippen LogP contribution in [-0.2, 0) is 0 Å². The quantitative estimate of drug-likeness (QED) is 0.605. The van der Waals surface area contributed by atoms with Crippen molar-refractivity contribution >= 4 is 23.0 Å². The third kappa shape index (κ3) is 2.58. The van der Waals surface area contributed by atoms with Gasteiger partial charge >= 0.3 is 0 Å². The van der Waals surface area contributed by atoms with E-state index in [4.69, 9.17) is 11.6 Å². The number of nitro groups is 1. The van der Waals surface area contributed by atoms with E-state index in [1.807, 2.05) is 6.92 Å². The number of aryl methyl sites for hydroxylation is 1. The summed E-state index contributed by atoms with van der Waals surface area (Å²) in [7, 11) is 0. The Balaban J connectivity index is 2.31. The van der Waals surface area contributed by atoms with Crippen molar-refractivity contribution in [3.8, 4) is 0 Å². The van der Waals surface area contributed by atoms with E-state index in [1.165, 1.54) is 6.07 Å². The van der Waals surface area contributed by atoms with E-state index in [0.717, 1.165) is 43.1 Å². The summed E-state index contributed by atoms with van der Waals surface area (Å²) in [5.74, 6) is 0.748.